The van der Waals surface area contributed by atoms with Crippen LogP contribution in [0.15, 0.2) is 22.8 Å². The molecule has 0 unspecified atom stereocenters. The molecule has 1 aromatic heterocycles. The third kappa shape index (κ3) is 1.96. The molecular weight excluding hydrogens is 242 g/mol. The fraction of sp³-hybridized carbons (Fsp3) is 0.308. The van der Waals surface area contributed by atoms with Crippen LogP contribution in [0.1, 0.15) is 19.4 Å². The normalized spacial score (nSPS) is 12.0. The van der Waals surface area contributed by atoms with Gasteiger partial charge in [-0.2, -0.15) is 0 Å². The molecule has 1 N–H and O–H groups in total. The maximum atomic E-state index is 13.8. The first-order valence-corrected chi connectivity index (χ1v) is 5.40. The Morgan fingerprint density at radius 3 is 2.67 bits per heavy atom. The van der Waals surface area contributed by atoms with Gasteiger partial charge in [0.2, 0.25) is 0 Å². The number of hydrogen-bond donors (Lipinski definition) is 1. The van der Waals surface area contributed by atoms with Gasteiger partial charge in [-0.1, -0.05) is 0 Å². The maximum absolute atomic E-state index is 13.8. The van der Waals surface area contributed by atoms with Gasteiger partial charge < -0.3 is 9.52 Å². The van der Waals surface area contributed by atoms with Crippen molar-refractivity contribution in [2.45, 2.75) is 20.3 Å². The molecule has 0 aliphatic rings. The number of carboxylic acids is 1. The van der Waals surface area contributed by atoms with E-state index < -0.39 is 23.0 Å². The highest BCUT2D eigenvalue weighted by atomic mass is 19.1. The van der Waals surface area contributed by atoms with Gasteiger partial charge in [0.05, 0.1) is 11.7 Å². The van der Waals surface area contributed by atoms with E-state index in [1.165, 1.54) is 26.2 Å². The molecule has 5 heteroatoms. The van der Waals surface area contributed by atoms with Gasteiger partial charge in [-0.15, -0.1) is 0 Å². The molecule has 96 valence electrons. The molecule has 0 bridgehead atoms. The summed E-state index contributed by atoms with van der Waals surface area (Å²) in [5.41, 5.74) is -1.02. The number of fused-ring (bicyclic) bond motifs is 1. The number of carboxylic acid groups (broad SMARTS) is 1. The molecule has 1 heterocycles. The zero-order chi connectivity index (χ0) is 13.5. The van der Waals surface area contributed by atoms with Gasteiger partial charge in [-0.25, -0.2) is 8.78 Å². The molecule has 0 aliphatic heterocycles. The first-order chi connectivity index (χ1) is 8.33. The van der Waals surface area contributed by atoms with Crippen LogP contribution < -0.4 is 0 Å². The van der Waals surface area contributed by atoms with E-state index in [0.29, 0.717) is 0 Å². The van der Waals surface area contributed by atoms with E-state index >= 15 is 0 Å². The number of aliphatic carboxylic acids is 1. The van der Waals surface area contributed by atoms with E-state index in [0.717, 1.165) is 6.07 Å². The molecular formula is C13H12F2O3. The largest absolute Gasteiger partial charge is 0.481 e. The minimum atomic E-state index is -1.14. The van der Waals surface area contributed by atoms with E-state index in [2.05, 4.69) is 0 Å². The van der Waals surface area contributed by atoms with Crippen LogP contribution in [0.3, 0.4) is 0 Å². The van der Waals surface area contributed by atoms with E-state index in [1.54, 1.807) is 0 Å². The lowest BCUT2D eigenvalue weighted by atomic mass is 9.84. The monoisotopic (exact) mass is 254 g/mol. The Morgan fingerprint density at radius 1 is 1.39 bits per heavy atom. The van der Waals surface area contributed by atoms with Crippen molar-refractivity contribution < 1.29 is 23.1 Å². The average Bonchev–Trinajstić information content (AvgIpc) is 2.73. The van der Waals surface area contributed by atoms with Crippen LogP contribution in [0.2, 0.25) is 0 Å². The summed E-state index contributed by atoms with van der Waals surface area (Å²) in [5.74, 6) is -2.58. The van der Waals surface area contributed by atoms with Gasteiger partial charge in [0.1, 0.15) is 5.82 Å². The summed E-state index contributed by atoms with van der Waals surface area (Å²) in [5, 5.41) is 9.33. The van der Waals surface area contributed by atoms with E-state index in [9.17, 15) is 13.6 Å². The number of rotatable bonds is 3. The third-order valence-electron chi connectivity index (χ3n) is 2.95. The predicted molar refractivity (Wildman–Crippen MR) is 61.3 cm³/mol. The summed E-state index contributed by atoms with van der Waals surface area (Å²) in [6.45, 7) is 2.98. The summed E-state index contributed by atoms with van der Waals surface area (Å²) < 4.78 is 32.1. The molecule has 0 amide bonds. The molecule has 18 heavy (non-hydrogen) atoms. The molecule has 0 radical (unpaired) electrons. The van der Waals surface area contributed by atoms with E-state index in [4.69, 9.17) is 9.52 Å². The number of benzene rings is 1. The fourth-order valence-electron chi connectivity index (χ4n) is 1.82. The molecule has 0 spiro atoms. The second kappa shape index (κ2) is 4.08. The summed E-state index contributed by atoms with van der Waals surface area (Å²) in [6, 6.07) is 2.16. The molecule has 2 aromatic rings. The summed E-state index contributed by atoms with van der Waals surface area (Å²) in [6.07, 6.45) is 1.22. The average molecular weight is 254 g/mol. The van der Waals surface area contributed by atoms with Crippen molar-refractivity contribution in [3.05, 3.63) is 35.6 Å². The van der Waals surface area contributed by atoms with Crippen molar-refractivity contribution in [1.82, 2.24) is 0 Å². The van der Waals surface area contributed by atoms with E-state index in [1.807, 2.05) is 0 Å². The molecule has 0 fully saturated rings. The minimum absolute atomic E-state index is 0.0372. The maximum Gasteiger partial charge on any atom is 0.309 e. The lowest BCUT2D eigenvalue weighted by Gasteiger charge is -2.19. The smallest absolute Gasteiger partial charge is 0.309 e. The first kappa shape index (κ1) is 12.5. The summed E-state index contributed by atoms with van der Waals surface area (Å²) in [4.78, 5) is 11.1. The molecule has 0 saturated heterocycles. The SMILES string of the molecule is CC(C)(Cc1c(F)cc(F)c2occc12)C(=O)O. The second-order valence-electron chi connectivity index (χ2n) is 4.85. The van der Waals surface area contributed by atoms with Gasteiger partial charge >= 0.3 is 5.97 Å². The Labute approximate surface area is 102 Å². The van der Waals surface area contributed by atoms with Crippen LogP contribution in [0.5, 0.6) is 0 Å². The number of furan rings is 1. The first-order valence-electron chi connectivity index (χ1n) is 5.40. The van der Waals surface area contributed by atoms with Gasteiger partial charge in [-0.3, -0.25) is 4.79 Å². The lowest BCUT2D eigenvalue weighted by Crippen LogP contribution is -2.26. The Morgan fingerprint density at radius 2 is 2.06 bits per heavy atom. The van der Waals surface area contributed by atoms with Gasteiger partial charge in [0, 0.05) is 17.0 Å². The van der Waals surface area contributed by atoms with E-state index in [-0.39, 0.29) is 23.0 Å². The van der Waals surface area contributed by atoms with Crippen LogP contribution >= 0.6 is 0 Å². The topological polar surface area (TPSA) is 50.4 Å². The standard InChI is InChI=1S/C13H12F2O3/c1-13(2,12(16)17)6-8-7-3-4-18-11(7)10(15)5-9(8)14/h3-5H,6H2,1-2H3,(H,16,17). The second-order valence-corrected chi connectivity index (χ2v) is 4.85. The quantitative estimate of drug-likeness (QED) is 0.913. The van der Waals surface area contributed by atoms with Crippen molar-refractivity contribution in [2.75, 3.05) is 0 Å². The Bertz CT molecular complexity index is 614. The minimum Gasteiger partial charge on any atom is -0.481 e. The highest BCUT2D eigenvalue weighted by Crippen LogP contribution is 2.31. The zero-order valence-electron chi connectivity index (χ0n) is 9.96. The van der Waals surface area contributed by atoms with Gasteiger partial charge in [0.15, 0.2) is 11.4 Å². The summed E-state index contributed by atoms with van der Waals surface area (Å²) in [7, 11) is 0. The van der Waals surface area contributed by atoms with Crippen LogP contribution in [-0.2, 0) is 11.2 Å². The van der Waals surface area contributed by atoms with Crippen LogP contribution in [-0.4, -0.2) is 11.1 Å². The van der Waals surface area contributed by atoms with Crippen molar-refractivity contribution >= 4 is 16.9 Å². The molecule has 0 atom stereocenters. The van der Waals surface area contributed by atoms with Crippen molar-refractivity contribution in [2.24, 2.45) is 5.41 Å². The molecule has 3 nitrogen and oxygen atoms in total. The Kier molecular flexibility index (Phi) is 2.84. The van der Waals surface area contributed by atoms with Crippen molar-refractivity contribution in [3.63, 3.8) is 0 Å². The Hall–Kier alpha value is -1.91. The summed E-state index contributed by atoms with van der Waals surface area (Å²) >= 11 is 0. The highest BCUT2D eigenvalue weighted by molar-refractivity contribution is 5.83. The molecule has 2 rings (SSSR count). The van der Waals surface area contributed by atoms with Gasteiger partial charge in [-0.05, 0) is 26.3 Å². The van der Waals surface area contributed by atoms with Gasteiger partial charge in [0.25, 0.3) is 0 Å². The van der Waals surface area contributed by atoms with Crippen molar-refractivity contribution in [3.8, 4) is 0 Å². The Balaban J connectivity index is 2.58. The molecule has 1 aromatic carbocycles. The lowest BCUT2D eigenvalue weighted by molar-refractivity contribution is -0.146. The molecule has 0 saturated carbocycles. The number of hydrogen-bond acceptors (Lipinski definition) is 2. The van der Waals surface area contributed by atoms with Crippen LogP contribution in [0, 0.1) is 17.0 Å². The zero-order valence-corrected chi connectivity index (χ0v) is 9.96. The van der Waals surface area contributed by atoms with Crippen LogP contribution in [0.25, 0.3) is 11.0 Å². The third-order valence-corrected chi connectivity index (χ3v) is 2.95. The fourth-order valence-corrected chi connectivity index (χ4v) is 1.82. The van der Waals surface area contributed by atoms with Crippen molar-refractivity contribution in [1.29, 1.82) is 0 Å². The number of carbonyl (C=O) groups is 1. The highest BCUT2D eigenvalue weighted by Gasteiger charge is 2.30. The molecule has 0 aliphatic carbocycles. The van der Waals surface area contributed by atoms with Crippen LogP contribution in [0.4, 0.5) is 8.78 Å². The number of halogens is 2. The predicted octanol–water partition coefficient (Wildman–Crippen LogP) is 3.36.